The molecule has 1 amide bonds. The maximum Gasteiger partial charge on any atom is 0.226 e. The lowest BCUT2D eigenvalue weighted by molar-refractivity contribution is -0.131. The molecule has 1 aliphatic rings. The molecule has 0 saturated heterocycles. The zero-order chi connectivity index (χ0) is 22.2. The zero-order valence-corrected chi connectivity index (χ0v) is 18.8. The van der Waals surface area contributed by atoms with Crippen LogP contribution in [0.1, 0.15) is 23.5 Å². The van der Waals surface area contributed by atoms with Gasteiger partial charge < -0.3 is 4.90 Å². The van der Waals surface area contributed by atoms with E-state index in [9.17, 15) is 4.79 Å². The van der Waals surface area contributed by atoms with E-state index in [1.54, 1.807) is 4.68 Å². The summed E-state index contributed by atoms with van der Waals surface area (Å²) in [6.45, 7) is 0.486. The molecule has 1 saturated carbocycles. The molecule has 0 N–H and O–H groups in total. The number of aryl methyl sites for hydroxylation is 1. The molecule has 6 nitrogen and oxygen atoms in total. The fourth-order valence-corrected chi connectivity index (χ4v) is 4.30. The average molecular weight is 446 g/mol. The number of aromatic nitrogens is 4. The lowest BCUT2D eigenvalue weighted by atomic mass is 10.1. The van der Waals surface area contributed by atoms with Crippen molar-refractivity contribution in [1.29, 1.82) is 0 Å². The second kappa shape index (κ2) is 8.28. The summed E-state index contributed by atoms with van der Waals surface area (Å²) in [5, 5.41) is 9.76. The Labute approximate surface area is 192 Å². The van der Waals surface area contributed by atoms with E-state index in [4.69, 9.17) is 16.7 Å². The molecule has 2 aromatic carbocycles. The van der Waals surface area contributed by atoms with Gasteiger partial charge in [-0.15, -0.1) is 0 Å². The van der Waals surface area contributed by atoms with E-state index in [1.807, 2.05) is 96.9 Å². The van der Waals surface area contributed by atoms with Gasteiger partial charge in [-0.2, -0.15) is 10.2 Å². The number of benzene rings is 2. The molecule has 4 aromatic rings. The van der Waals surface area contributed by atoms with E-state index >= 15 is 0 Å². The third-order valence-corrected chi connectivity index (χ3v) is 6.22. The van der Waals surface area contributed by atoms with E-state index in [-0.39, 0.29) is 17.7 Å². The zero-order valence-electron chi connectivity index (χ0n) is 18.0. The first-order valence-corrected chi connectivity index (χ1v) is 11.0. The summed E-state index contributed by atoms with van der Waals surface area (Å²) >= 11 is 6.09. The molecule has 5 rings (SSSR count). The van der Waals surface area contributed by atoms with Crippen molar-refractivity contribution in [1.82, 2.24) is 24.5 Å². The number of hydrogen-bond donors (Lipinski definition) is 0. The Kier molecular flexibility index (Phi) is 5.31. The molecule has 32 heavy (non-hydrogen) atoms. The second-order valence-electron chi connectivity index (χ2n) is 8.38. The van der Waals surface area contributed by atoms with Gasteiger partial charge >= 0.3 is 0 Å². The van der Waals surface area contributed by atoms with Gasteiger partial charge in [0.25, 0.3) is 0 Å². The minimum absolute atomic E-state index is 0.0207. The highest BCUT2D eigenvalue weighted by molar-refractivity contribution is 6.30. The van der Waals surface area contributed by atoms with Crippen molar-refractivity contribution in [2.75, 3.05) is 7.05 Å². The SMILES string of the molecule is CN(Cc1cn(-c2ccccc2)nc1-c1ccc(Cl)cc1)C(=O)C1CC1c1cnn(C)c1. The Morgan fingerprint density at radius 1 is 1.12 bits per heavy atom. The third kappa shape index (κ3) is 4.06. The molecule has 1 aliphatic carbocycles. The maximum absolute atomic E-state index is 13.1. The lowest BCUT2D eigenvalue weighted by Crippen LogP contribution is -2.28. The topological polar surface area (TPSA) is 56.0 Å². The molecule has 7 heteroatoms. The van der Waals surface area contributed by atoms with Crippen LogP contribution in [-0.4, -0.2) is 37.4 Å². The van der Waals surface area contributed by atoms with E-state index < -0.39 is 0 Å². The van der Waals surface area contributed by atoms with Crippen molar-refractivity contribution in [3.8, 4) is 16.9 Å². The summed E-state index contributed by atoms with van der Waals surface area (Å²) in [5.41, 5.74) is 4.93. The summed E-state index contributed by atoms with van der Waals surface area (Å²) in [6.07, 6.45) is 6.75. The largest absolute Gasteiger partial charge is 0.341 e. The molecule has 0 spiro atoms. The fourth-order valence-electron chi connectivity index (χ4n) is 4.17. The van der Waals surface area contributed by atoms with Gasteiger partial charge in [0.2, 0.25) is 5.91 Å². The van der Waals surface area contributed by atoms with Crippen LogP contribution in [0, 0.1) is 5.92 Å². The van der Waals surface area contributed by atoms with Gasteiger partial charge in [0.15, 0.2) is 0 Å². The van der Waals surface area contributed by atoms with Crippen LogP contribution in [-0.2, 0) is 18.4 Å². The summed E-state index contributed by atoms with van der Waals surface area (Å²) in [4.78, 5) is 14.9. The molecular weight excluding hydrogens is 422 g/mol. The smallest absolute Gasteiger partial charge is 0.226 e. The quantitative estimate of drug-likeness (QED) is 0.432. The van der Waals surface area contributed by atoms with Gasteiger partial charge in [0.1, 0.15) is 0 Å². The molecule has 2 unspecified atom stereocenters. The van der Waals surface area contributed by atoms with Crippen molar-refractivity contribution < 1.29 is 4.79 Å². The molecule has 0 radical (unpaired) electrons. The molecule has 1 fully saturated rings. The Bertz CT molecular complexity index is 1250. The van der Waals surface area contributed by atoms with Gasteiger partial charge in [-0.05, 0) is 42.2 Å². The number of hydrogen-bond acceptors (Lipinski definition) is 3. The number of halogens is 1. The van der Waals surface area contributed by atoms with Crippen molar-refractivity contribution in [3.05, 3.63) is 89.3 Å². The summed E-state index contributed by atoms with van der Waals surface area (Å²) in [6, 6.07) is 17.6. The monoisotopic (exact) mass is 445 g/mol. The highest BCUT2D eigenvalue weighted by Crippen LogP contribution is 2.48. The Morgan fingerprint density at radius 2 is 1.88 bits per heavy atom. The first-order valence-electron chi connectivity index (χ1n) is 10.6. The molecule has 2 aromatic heterocycles. The summed E-state index contributed by atoms with van der Waals surface area (Å²) in [5.74, 6) is 0.446. The van der Waals surface area contributed by atoms with E-state index in [1.165, 1.54) is 0 Å². The molecule has 2 heterocycles. The minimum Gasteiger partial charge on any atom is -0.341 e. The van der Waals surface area contributed by atoms with Crippen LogP contribution in [0.15, 0.2) is 73.2 Å². The number of carbonyl (C=O) groups excluding carboxylic acids is 1. The molecular formula is C25H24ClN5O. The molecule has 2 atom stereocenters. The number of rotatable bonds is 6. The van der Waals surface area contributed by atoms with Crippen molar-refractivity contribution >= 4 is 17.5 Å². The lowest BCUT2D eigenvalue weighted by Gasteiger charge is -2.17. The number of nitrogens with zero attached hydrogens (tertiary/aromatic N) is 5. The van der Waals surface area contributed by atoms with Crippen LogP contribution < -0.4 is 0 Å². The van der Waals surface area contributed by atoms with Crippen molar-refractivity contribution in [2.24, 2.45) is 13.0 Å². The van der Waals surface area contributed by atoms with Crippen molar-refractivity contribution in [2.45, 2.75) is 18.9 Å². The maximum atomic E-state index is 13.1. The van der Waals surface area contributed by atoms with E-state index in [0.717, 1.165) is 34.5 Å². The molecule has 162 valence electrons. The van der Waals surface area contributed by atoms with Gasteiger partial charge in [-0.3, -0.25) is 9.48 Å². The predicted molar refractivity (Wildman–Crippen MR) is 125 cm³/mol. The van der Waals surface area contributed by atoms with E-state index in [0.29, 0.717) is 11.6 Å². The molecule has 0 bridgehead atoms. The second-order valence-corrected chi connectivity index (χ2v) is 8.82. The Hall–Kier alpha value is -3.38. The number of para-hydroxylation sites is 1. The normalized spacial score (nSPS) is 17.3. The Morgan fingerprint density at radius 3 is 2.56 bits per heavy atom. The van der Waals surface area contributed by atoms with Crippen LogP contribution in [0.2, 0.25) is 5.02 Å². The van der Waals surface area contributed by atoms with E-state index in [2.05, 4.69) is 5.10 Å². The minimum atomic E-state index is 0.0207. The first kappa shape index (κ1) is 20.5. The predicted octanol–water partition coefficient (Wildman–Crippen LogP) is 4.69. The van der Waals surface area contributed by atoms with Gasteiger partial charge in [-0.1, -0.05) is 41.9 Å². The van der Waals surface area contributed by atoms with Crippen LogP contribution in [0.3, 0.4) is 0 Å². The summed E-state index contributed by atoms with van der Waals surface area (Å²) < 4.78 is 3.66. The summed E-state index contributed by atoms with van der Waals surface area (Å²) in [7, 11) is 3.77. The van der Waals surface area contributed by atoms with Crippen molar-refractivity contribution in [3.63, 3.8) is 0 Å². The standard InChI is InChI=1S/C25H24ClN5O/c1-29(25(32)23-12-22(23)18-13-27-30(2)15-18)14-19-16-31(21-6-4-3-5-7-21)28-24(19)17-8-10-20(26)11-9-17/h3-11,13,15-16,22-23H,12,14H2,1-2H3. The van der Waals surface area contributed by atoms with Crippen LogP contribution in [0.5, 0.6) is 0 Å². The first-order chi connectivity index (χ1) is 15.5. The Balaban J connectivity index is 1.40. The average Bonchev–Trinajstić information content (AvgIpc) is 3.31. The third-order valence-electron chi connectivity index (χ3n) is 5.97. The van der Waals surface area contributed by atoms with Gasteiger partial charge in [0.05, 0.1) is 17.6 Å². The molecule has 0 aliphatic heterocycles. The highest BCUT2D eigenvalue weighted by Gasteiger charge is 2.45. The van der Waals surface area contributed by atoms with Crippen LogP contribution >= 0.6 is 11.6 Å². The number of amides is 1. The van der Waals surface area contributed by atoms with Crippen LogP contribution in [0.4, 0.5) is 0 Å². The fraction of sp³-hybridized carbons (Fsp3) is 0.240. The number of carbonyl (C=O) groups is 1. The highest BCUT2D eigenvalue weighted by atomic mass is 35.5. The van der Waals surface area contributed by atoms with Crippen LogP contribution in [0.25, 0.3) is 16.9 Å². The van der Waals surface area contributed by atoms with Gasteiger partial charge in [0, 0.05) is 55.1 Å². The van der Waals surface area contributed by atoms with Gasteiger partial charge in [-0.25, -0.2) is 4.68 Å².